The predicted molar refractivity (Wildman–Crippen MR) is 114 cm³/mol. The highest BCUT2D eigenvalue weighted by molar-refractivity contribution is 6.08. The number of anilines is 1. The summed E-state index contributed by atoms with van der Waals surface area (Å²) in [4.78, 5) is 27.8. The van der Waals surface area contributed by atoms with Gasteiger partial charge in [0.15, 0.2) is 17.2 Å². The molecule has 30 heavy (non-hydrogen) atoms. The number of methoxy groups -OCH3 is 2. The van der Waals surface area contributed by atoms with E-state index in [2.05, 4.69) is 29.4 Å². The van der Waals surface area contributed by atoms with E-state index in [1.165, 1.54) is 14.2 Å². The standard InChI is InChI=1S/C22H30N4O4/c1-14(2)10-15-11-18(25-24-15)21(27)23-17-13-20(30-4)19(29-3)12-16(17)22(28)26-8-6-5-7-9-26/h11-14H,5-10H2,1-4H3,(H,23,27)(H,24,25). The second kappa shape index (κ2) is 9.65. The third kappa shape index (κ3) is 4.93. The summed E-state index contributed by atoms with van der Waals surface area (Å²) in [5.74, 6) is 0.802. The topological polar surface area (TPSA) is 96.5 Å². The first kappa shape index (κ1) is 21.7. The molecular weight excluding hydrogens is 384 g/mol. The maximum absolute atomic E-state index is 13.2. The minimum absolute atomic E-state index is 0.131. The van der Waals surface area contributed by atoms with E-state index in [4.69, 9.17) is 9.47 Å². The number of nitrogens with one attached hydrogen (secondary N) is 2. The van der Waals surface area contributed by atoms with Crippen LogP contribution in [0.1, 0.15) is 59.7 Å². The molecule has 0 atom stereocenters. The molecule has 2 heterocycles. The largest absolute Gasteiger partial charge is 0.493 e. The van der Waals surface area contributed by atoms with Crippen molar-refractivity contribution < 1.29 is 19.1 Å². The number of carbonyl (C=O) groups excluding carboxylic acids is 2. The molecule has 8 heteroatoms. The summed E-state index contributed by atoms with van der Waals surface area (Å²) in [6, 6.07) is 4.98. The van der Waals surface area contributed by atoms with Gasteiger partial charge in [-0.15, -0.1) is 0 Å². The van der Waals surface area contributed by atoms with Gasteiger partial charge in [-0.25, -0.2) is 0 Å². The number of amides is 2. The number of H-pyrrole nitrogens is 1. The summed E-state index contributed by atoms with van der Waals surface area (Å²) in [5.41, 5.74) is 1.92. The van der Waals surface area contributed by atoms with Crippen molar-refractivity contribution in [1.82, 2.24) is 15.1 Å². The zero-order valence-corrected chi connectivity index (χ0v) is 18.1. The minimum Gasteiger partial charge on any atom is -0.493 e. The van der Waals surface area contributed by atoms with E-state index in [0.717, 1.165) is 31.4 Å². The van der Waals surface area contributed by atoms with Gasteiger partial charge in [0.05, 0.1) is 25.5 Å². The van der Waals surface area contributed by atoms with Gasteiger partial charge in [-0.2, -0.15) is 5.10 Å². The van der Waals surface area contributed by atoms with Crippen molar-refractivity contribution in [2.45, 2.75) is 39.5 Å². The van der Waals surface area contributed by atoms with E-state index >= 15 is 0 Å². The van der Waals surface area contributed by atoms with E-state index in [0.29, 0.717) is 41.8 Å². The normalized spacial score (nSPS) is 14.0. The number of carbonyl (C=O) groups is 2. The van der Waals surface area contributed by atoms with Gasteiger partial charge in [0.25, 0.3) is 11.8 Å². The summed E-state index contributed by atoms with van der Waals surface area (Å²) in [5, 5.41) is 9.86. The molecule has 8 nitrogen and oxygen atoms in total. The molecule has 2 N–H and O–H groups in total. The van der Waals surface area contributed by atoms with Crippen molar-refractivity contribution >= 4 is 17.5 Å². The van der Waals surface area contributed by atoms with Crippen LogP contribution in [0.25, 0.3) is 0 Å². The molecule has 162 valence electrons. The highest BCUT2D eigenvalue weighted by atomic mass is 16.5. The molecule has 2 aromatic rings. The maximum atomic E-state index is 13.2. The van der Waals surface area contributed by atoms with Crippen molar-refractivity contribution in [3.05, 3.63) is 35.2 Å². The SMILES string of the molecule is COc1cc(NC(=O)c2cc(CC(C)C)[nH]n2)c(C(=O)N2CCCCC2)cc1OC. The molecule has 0 spiro atoms. The number of ether oxygens (including phenoxy) is 2. The fraction of sp³-hybridized carbons (Fsp3) is 0.500. The summed E-state index contributed by atoms with van der Waals surface area (Å²) in [6.07, 6.45) is 3.88. The van der Waals surface area contributed by atoms with Crippen molar-refractivity contribution in [2.75, 3.05) is 32.6 Å². The molecule has 1 aliphatic rings. The number of hydrogen-bond donors (Lipinski definition) is 2. The fourth-order valence-electron chi connectivity index (χ4n) is 3.64. The third-order valence-corrected chi connectivity index (χ3v) is 5.14. The molecule has 0 saturated carbocycles. The zero-order valence-electron chi connectivity index (χ0n) is 18.1. The molecule has 3 rings (SSSR count). The van der Waals surface area contributed by atoms with E-state index in [9.17, 15) is 9.59 Å². The van der Waals surface area contributed by atoms with Crippen LogP contribution in [0.3, 0.4) is 0 Å². The monoisotopic (exact) mass is 414 g/mol. The number of piperidine rings is 1. The predicted octanol–water partition coefficient (Wildman–Crippen LogP) is 3.50. The Labute approximate surface area is 176 Å². The van der Waals surface area contributed by atoms with Crippen LogP contribution in [0.2, 0.25) is 0 Å². The Morgan fingerprint density at radius 3 is 2.40 bits per heavy atom. The van der Waals surface area contributed by atoms with Crippen LogP contribution in [0, 0.1) is 5.92 Å². The van der Waals surface area contributed by atoms with E-state index in [1.807, 2.05) is 4.90 Å². The Hall–Kier alpha value is -3.03. The van der Waals surface area contributed by atoms with E-state index in [1.54, 1.807) is 18.2 Å². The number of aromatic amines is 1. The number of benzene rings is 1. The second-order valence-electron chi connectivity index (χ2n) is 7.94. The average molecular weight is 415 g/mol. The molecule has 1 aliphatic heterocycles. The Kier molecular flexibility index (Phi) is 6.97. The molecule has 0 aliphatic carbocycles. The van der Waals surface area contributed by atoms with Gasteiger partial charge in [0.2, 0.25) is 0 Å². The summed E-state index contributed by atoms with van der Waals surface area (Å²) < 4.78 is 10.7. The molecule has 0 unspecified atom stereocenters. The van der Waals surface area contributed by atoms with Crippen LogP contribution in [0.5, 0.6) is 11.5 Å². The number of rotatable bonds is 7. The first-order chi connectivity index (χ1) is 14.4. The highest BCUT2D eigenvalue weighted by Gasteiger charge is 2.25. The second-order valence-corrected chi connectivity index (χ2v) is 7.94. The van der Waals surface area contributed by atoms with E-state index in [-0.39, 0.29) is 17.5 Å². The van der Waals surface area contributed by atoms with E-state index < -0.39 is 0 Å². The van der Waals surface area contributed by atoms with Crippen LogP contribution in [0.4, 0.5) is 5.69 Å². The number of nitrogens with zero attached hydrogens (tertiary/aromatic N) is 2. The summed E-state index contributed by atoms with van der Waals surface area (Å²) in [6.45, 7) is 5.61. The fourth-order valence-corrected chi connectivity index (χ4v) is 3.64. The van der Waals surface area contributed by atoms with Crippen LogP contribution < -0.4 is 14.8 Å². The lowest BCUT2D eigenvalue weighted by molar-refractivity contribution is 0.0725. The molecule has 1 saturated heterocycles. The molecule has 1 fully saturated rings. The Morgan fingerprint density at radius 1 is 1.10 bits per heavy atom. The lowest BCUT2D eigenvalue weighted by Crippen LogP contribution is -2.36. The molecule has 2 amide bonds. The maximum Gasteiger partial charge on any atom is 0.276 e. The minimum atomic E-state index is -0.388. The smallest absolute Gasteiger partial charge is 0.276 e. The average Bonchev–Trinajstić information content (AvgIpc) is 3.21. The molecular formula is C22H30N4O4. The van der Waals surface area contributed by atoms with Crippen molar-refractivity contribution in [1.29, 1.82) is 0 Å². The first-order valence-electron chi connectivity index (χ1n) is 10.3. The van der Waals surface area contributed by atoms with Crippen molar-refractivity contribution in [3.8, 4) is 11.5 Å². The van der Waals surface area contributed by atoms with Gasteiger partial charge in [0, 0.05) is 24.8 Å². The number of aromatic nitrogens is 2. The summed E-state index contributed by atoms with van der Waals surface area (Å²) >= 11 is 0. The Bertz CT molecular complexity index is 901. The zero-order chi connectivity index (χ0) is 21.7. The quantitative estimate of drug-likeness (QED) is 0.723. The van der Waals surface area contributed by atoms with Gasteiger partial charge >= 0.3 is 0 Å². The van der Waals surface area contributed by atoms with Crippen LogP contribution >= 0.6 is 0 Å². The number of likely N-dealkylation sites (tertiary alicyclic amines) is 1. The van der Waals surface area contributed by atoms with Crippen LogP contribution in [-0.2, 0) is 6.42 Å². The van der Waals surface area contributed by atoms with Crippen LogP contribution in [-0.4, -0.2) is 54.2 Å². The summed E-state index contributed by atoms with van der Waals surface area (Å²) in [7, 11) is 3.03. The van der Waals surface area contributed by atoms with Gasteiger partial charge < -0.3 is 19.7 Å². The molecule has 1 aromatic carbocycles. The van der Waals surface area contributed by atoms with Gasteiger partial charge in [-0.3, -0.25) is 14.7 Å². The van der Waals surface area contributed by atoms with Crippen LogP contribution in [0.15, 0.2) is 18.2 Å². The van der Waals surface area contributed by atoms with Gasteiger partial charge in [0.1, 0.15) is 0 Å². The first-order valence-corrected chi connectivity index (χ1v) is 10.3. The Balaban J connectivity index is 1.90. The molecule has 0 radical (unpaired) electrons. The van der Waals surface area contributed by atoms with Crippen molar-refractivity contribution in [2.24, 2.45) is 5.92 Å². The van der Waals surface area contributed by atoms with Crippen molar-refractivity contribution in [3.63, 3.8) is 0 Å². The van der Waals surface area contributed by atoms with Gasteiger partial charge in [-0.1, -0.05) is 13.8 Å². The molecule has 1 aromatic heterocycles. The molecule has 0 bridgehead atoms. The lowest BCUT2D eigenvalue weighted by atomic mass is 10.1. The van der Waals surface area contributed by atoms with Gasteiger partial charge in [-0.05, 0) is 43.7 Å². The highest BCUT2D eigenvalue weighted by Crippen LogP contribution is 2.34. The number of hydrogen-bond acceptors (Lipinski definition) is 5. The Morgan fingerprint density at radius 2 is 1.77 bits per heavy atom. The third-order valence-electron chi connectivity index (χ3n) is 5.14. The lowest BCUT2D eigenvalue weighted by Gasteiger charge is -2.28.